The van der Waals surface area contributed by atoms with Gasteiger partial charge < -0.3 is 0 Å². The van der Waals surface area contributed by atoms with Gasteiger partial charge in [-0.25, -0.2) is 15.1 Å². The van der Waals surface area contributed by atoms with Gasteiger partial charge in [-0.3, -0.25) is 9.20 Å². The summed E-state index contributed by atoms with van der Waals surface area (Å²) in [6.07, 6.45) is 3.24. The molecular weight excluding hydrogens is 459 g/mol. The van der Waals surface area contributed by atoms with E-state index in [0.29, 0.717) is 50.0 Å². The normalized spacial score (nSPS) is 11.5. The molecule has 0 bridgehead atoms. The summed E-state index contributed by atoms with van der Waals surface area (Å²) in [5.41, 5.74) is 6.19. The largest absolute Gasteiger partial charge is 0.295 e. The molecule has 3 heterocycles. The van der Waals surface area contributed by atoms with Gasteiger partial charge in [0.2, 0.25) is 0 Å². The van der Waals surface area contributed by atoms with Crippen molar-refractivity contribution in [2.24, 2.45) is 5.10 Å². The van der Waals surface area contributed by atoms with Gasteiger partial charge in [0.05, 0.1) is 29.7 Å². The average Bonchev–Trinajstić information content (AvgIpc) is 3.20. The van der Waals surface area contributed by atoms with Crippen molar-refractivity contribution in [3.05, 3.63) is 86.0 Å². The van der Waals surface area contributed by atoms with Crippen LogP contribution in [0.25, 0.3) is 5.65 Å². The van der Waals surface area contributed by atoms with E-state index in [-0.39, 0.29) is 5.91 Å². The van der Waals surface area contributed by atoms with Gasteiger partial charge in [-0.05, 0) is 38.1 Å². The molecule has 1 amide bonds. The molecule has 0 atom stereocenters. The summed E-state index contributed by atoms with van der Waals surface area (Å²) in [6.45, 7) is 3.88. The smallest absolute Gasteiger partial charge is 0.290 e. The summed E-state index contributed by atoms with van der Waals surface area (Å²) in [7, 11) is 0. The van der Waals surface area contributed by atoms with Crippen LogP contribution in [0.1, 0.15) is 33.0 Å². The lowest BCUT2D eigenvalue weighted by Crippen LogP contribution is -2.20. The fraction of sp³-hybridized carbons (Fsp3) is 0.143. The number of rotatable bonds is 5. The second-order valence-electron chi connectivity index (χ2n) is 6.82. The Kier molecular flexibility index (Phi) is 6.00. The van der Waals surface area contributed by atoms with Crippen molar-refractivity contribution in [1.29, 1.82) is 0 Å². The molecule has 10 heteroatoms. The molecule has 1 aromatic carbocycles. The summed E-state index contributed by atoms with van der Waals surface area (Å²) in [5, 5.41) is 9.93. The first kappa shape index (κ1) is 21.4. The Morgan fingerprint density at radius 2 is 1.84 bits per heavy atom. The van der Waals surface area contributed by atoms with Crippen molar-refractivity contribution in [3.63, 3.8) is 0 Å². The lowest BCUT2D eigenvalue weighted by Gasteiger charge is -2.08. The molecule has 4 rings (SSSR count). The minimum atomic E-state index is -0.378. The first-order valence-electron chi connectivity index (χ1n) is 9.29. The van der Waals surface area contributed by atoms with E-state index < -0.39 is 0 Å². The van der Waals surface area contributed by atoms with E-state index in [4.69, 9.17) is 34.8 Å². The lowest BCUT2D eigenvalue weighted by molar-refractivity contribution is 0.0948. The number of benzene rings is 1. The van der Waals surface area contributed by atoms with Crippen LogP contribution in [0.2, 0.25) is 15.2 Å². The van der Waals surface area contributed by atoms with Crippen molar-refractivity contribution in [2.75, 3.05) is 0 Å². The predicted molar refractivity (Wildman–Crippen MR) is 123 cm³/mol. The zero-order chi connectivity index (χ0) is 22.1. The second kappa shape index (κ2) is 8.70. The number of hydrogen-bond acceptors (Lipinski definition) is 4. The highest BCUT2D eigenvalue weighted by Crippen LogP contribution is 2.27. The van der Waals surface area contributed by atoms with E-state index in [1.165, 1.54) is 6.21 Å². The zero-order valence-corrected chi connectivity index (χ0v) is 18.9. The van der Waals surface area contributed by atoms with Gasteiger partial charge in [-0.1, -0.05) is 46.9 Å². The number of halogens is 3. The van der Waals surface area contributed by atoms with Gasteiger partial charge in [0, 0.05) is 21.8 Å². The molecule has 158 valence electrons. The quantitative estimate of drug-likeness (QED) is 0.329. The van der Waals surface area contributed by atoms with Crippen LogP contribution in [0.4, 0.5) is 0 Å². The van der Waals surface area contributed by atoms with Crippen molar-refractivity contribution in [1.82, 2.24) is 24.6 Å². The maximum atomic E-state index is 12.7. The van der Waals surface area contributed by atoms with Crippen LogP contribution in [0.15, 0.2) is 47.7 Å². The summed E-state index contributed by atoms with van der Waals surface area (Å²) in [4.78, 5) is 17.0. The van der Waals surface area contributed by atoms with E-state index in [1.54, 1.807) is 47.3 Å². The predicted octanol–water partition coefficient (Wildman–Crippen LogP) is 4.92. The summed E-state index contributed by atoms with van der Waals surface area (Å²) >= 11 is 19.0. The van der Waals surface area contributed by atoms with Crippen LogP contribution in [0.5, 0.6) is 0 Å². The van der Waals surface area contributed by atoms with Crippen molar-refractivity contribution >= 4 is 52.6 Å². The number of hydrogen-bond donors (Lipinski definition) is 1. The first-order valence-corrected chi connectivity index (χ1v) is 10.4. The molecule has 31 heavy (non-hydrogen) atoms. The van der Waals surface area contributed by atoms with Crippen LogP contribution < -0.4 is 5.43 Å². The van der Waals surface area contributed by atoms with E-state index in [0.717, 1.165) is 5.56 Å². The van der Waals surface area contributed by atoms with Gasteiger partial charge in [0.1, 0.15) is 16.5 Å². The molecule has 0 spiro atoms. The molecule has 0 fully saturated rings. The Morgan fingerprint density at radius 3 is 2.58 bits per heavy atom. The monoisotopic (exact) mass is 474 g/mol. The Balaban J connectivity index is 1.54. The third-order valence-corrected chi connectivity index (χ3v) is 5.86. The number of pyridine rings is 1. The lowest BCUT2D eigenvalue weighted by atomic mass is 10.2. The van der Waals surface area contributed by atoms with Crippen LogP contribution in [-0.4, -0.2) is 31.3 Å². The van der Waals surface area contributed by atoms with Gasteiger partial charge >= 0.3 is 0 Å². The number of nitrogens with one attached hydrogen (secondary N) is 1. The number of carbonyl (C=O) groups excluding carboxylic acids is 1. The van der Waals surface area contributed by atoms with E-state index in [1.807, 2.05) is 18.2 Å². The van der Waals surface area contributed by atoms with Gasteiger partial charge in [-0.15, -0.1) is 0 Å². The van der Waals surface area contributed by atoms with Gasteiger partial charge in [-0.2, -0.15) is 10.2 Å². The van der Waals surface area contributed by atoms with Crippen molar-refractivity contribution in [2.45, 2.75) is 20.4 Å². The fourth-order valence-electron chi connectivity index (χ4n) is 3.25. The van der Waals surface area contributed by atoms with Crippen molar-refractivity contribution < 1.29 is 4.79 Å². The standard InChI is InChI=1S/C21H17Cl3N6O/c1-12-14(20(24)30(28-12)11-15-16(22)6-5-7-17(15)23)10-25-27-21(31)19-13(2)26-18-8-3-4-9-29(18)19/h3-10H,11H2,1-2H3,(H,27,31)/b25-10-. The molecule has 0 aliphatic carbocycles. The van der Waals surface area contributed by atoms with Crippen LogP contribution in [-0.2, 0) is 6.54 Å². The third-order valence-electron chi connectivity index (χ3n) is 4.76. The zero-order valence-electron chi connectivity index (χ0n) is 16.6. The second-order valence-corrected chi connectivity index (χ2v) is 7.99. The number of nitrogens with zero attached hydrogens (tertiary/aromatic N) is 5. The highest BCUT2D eigenvalue weighted by molar-refractivity contribution is 6.36. The maximum absolute atomic E-state index is 12.7. The van der Waals surface area contributed by atoms with E-state index >= 15 is 0 Å². The van der Waals surface area contributed by atoms with Crippen molar-refractivity contribution in [3.8, 4) is 0 Å². The molecule has 0 unspecified atom stereocenters. The molecule has 0 radical (unpaired) electrons. The highest BCUT2D eigenvalue weighted by atomic mass is 35.5. The topological polar surface area (TPSA) is 76.6 Å². The molecule has 7 nitrogen and oxygen atoms in total. The molecule has 0 aliphatic rings. The SMILES string of the molecule is Cc1nn(Cc2c(Cl)cccc2Cl)c(Cl)c1/C=N\NC(=O)c1c(C)nc2ccccn12. The van der Waals surface area contributed by atoms with Crippen LogP contribution in [0, 0.1) is 13.8 Å². The molecule has 1 N–H and O–H groups in total. The van der Waals surface area contributed by atoms with E-state index in [9.17, 15) is 4.79 Å². The summed E-state index contributed by atoms with van der Waals surface area (Å²) in [5.74, 6) is -0.378. The Morgan fingerprint density at radius 1 is 1.10 bits per heavy atom. The third kappa shape index (κ3) is 4.17. The number of imidazole rings is 1. The average molecular weight is 476 g/mol. The minimum absolute atomic E-state index is 0.305. The van der Waals surface area contributed by atoms with Gasteiger partial charge in [0.15, 0.2) is 0 Å². The molecule has 4 aromatic rings. The fourth-order valence-corrected chi connectivity index (χ4v) is 4.05. The summed E-state index contributed by atoms with van der Waals surface area (Å²) < 4.78 is 3.30. The Hall–Kier alpha value is -2.87. The molecule has 0 saturated heterocycles. The molecule has 3 aromatic heterocycles. The molecule has 0 aliphatic heterocycles. The number of hydrazone groups is 1. The van der Waals surface area contributed by atoms with Crippen LogP contribution in [0.3, 0.4) is 0 Å². The number of fused-ring (bicyclic) bond motifs is 1. The minimum Gasteiger partial charge on any atom is -0.295 e. The number of carbonyl (C=O) groups is 1. The highest BCUT2D eigenvalue weighted by Gasteiger charge is 2.17. The number of aryl methyl sites for hydroxylation is 2. The maximum Gasteiger partial charge on any atom is 0.290 e. The van der Waals surface area contributed by atoms with E-state index in [2.05, 4.69) is 20.6 Å². The molecule has 0 saturated carbocycles. The summed E-state index contributed by atoms with van der Waals surface area (Å²) in [6, 6.07) is 10.8. The Bertz CT molecular complexity index is 1300. The number of aromatic nitrogens is 4. The molecular formula is C21H17Cl3N6O. The number of amides is 1. The van der Waals surface area contributed by atoms with Gasteiger partial charge in [0.25, 0.3) is 5.91 Å². The Labute approximate surface area is 193 Å². The first-order chi connectivity index (χ1) is 14.9. The van der Waals surface area contributed by atoms with Crippen LogP contribution >= 0.6 is 34.8 Å².